The molecule has 0 saturated heterocycles. The maximum Gasteiger partial charge on any atom is 0.356 e. The van der Waals surface area contributed by atoms with Crippen LogP contribution in [0.2, 0.25) is 0 Å². The molecule has 19 heavy (non-hydrogen) atoms. The van der Waals surface area contributed by atoms with Gasteiger partial charge in [-0.05, 0) is 30.8 Å². The van der Waals surface area contributed by atoms with E-state index in [1.165, 1.54) is 24.9 Å². The molecule has 2 N–H and O–H groups in total. The number of nitrogens with zero attached hydrogens (tertiary/aromatic N) is 4. The van der Waals surface area contributed by atoms with Crippen molar-refractivity contribution in [3.8, 4) is 0 Å². The van der Waals surface area contributed by atoms with Gasteiger partial charge in [-0.2, -0.15) is 0 Å². The van der Waals surface area contributed by atoms with Gasteiger partial charge < -0.3 is 15.0 Å². The van der Waals surface area contributed by atoms with Crippen LogP contribution in [0.4, 0.5) is 5.69 Å². The monoisotopic (exact) mass is 279 g/mol. The van der Waals surface area contributed by atoms with Gasteiger partial charge in [0.05, 0.1) is 12.8 Å². The highest BCUT2D eigenvalue weighted by Gasteiger charge is 2.14. The summed E-state index contributed by atoms with van der Waals surface area (Å²) in [5.41, 5.74) is 6.52. The van der Waals surface area contributed by atoms with E-state index in [4.69, 9.17) is 5.73 Å². The average Bonchev–Trinajstić information content (AvgIpc) is 2.72. The Bertz CT molecular complexity index is 626. The molecule has 2 rings (SSSR count). The van der Waals surface area contributed by atoms with Crippen LogP contribution in [0.5, 0.6) is 0 Å². The fourth-order valence-electron chi connectivity index (χ4n) is 1.31. The molecule has 0 unspecified atom stereocenters. The second kappa shape index (κ2) is 5.27. The predicted octanol–water partition coefficient (Wildman–Crippen LogP) is 1.04. The van der Waals surface area contributed by atoms with E-state index < -0.39 is 5.97 Å². The maximum absolute atomic E-state index is 11.4. The third-order valence-electron chi connectivity index (χ3n) is 2.52. The Morgan fingerprint density at radius 1 is 1.42 bits per heavy atom. The third kappa shape index (κ3) is 2.68. The molecule has 0 aliphatic carbocycles. The Kier molecular flexibility index (Phi) is 3.70. The molecule has 2 heterocycles. The number of aromatic nitrogens is 4. The van der Waals surface area contributed by atoms with Gasteiger partial charge in [0.15, 0.2) is 5.16 Å². The van der Waals surface area contributed by atoms with E-state index in [1.54, 1.807) is 6.07 Å². The summed E-state index contributed by atoms with van der Waals surface area (Å²) >= 11 is 1.25. The Morgan fingerprint density at radius 2 is 2.16 bits per heavy atom. The summed E-state index contributed by atoms with van der Waals surface area (Å²) in [6.07, 6.45) is 0. The van der Waals surface area contributed by atoms with Crippen LogP contribution < -0.4 is 5.73 Å². The number of ether oxygens (including phenoxy) is 1. The van der Waals surface area contributed by atoms with Crippen molar-refractivity contribution in [3.63, 3.8) is 0 Å². The molecule has 0 aliphatic heterocycles. The number of aryl methyl sites for hydroxylation is 1. The van der Waals surface area contributed by atoms with Crippen LogP contribution in [0.25, 0.3) is 0 Å². The first-order valence-electron chi connectivity index (χ1n) is 5.41. The van der Waals surface area contributed by atoms with Crippen molar-refractivity contribution in [3.05, 3.63) is 23.7 Å². The van der Waals surface area contributed by atoms with Crippen LogP contribution in [0.3, 0.4) is 0 Å². The first-order valence-corrected chi connectivity index (χ1v) is 6.23. The predicted molar refractivity (Wildman–Crippen MR) is 69.9 cm³/mol. The number of methoxy groups -OCH3 is 1. The summed E-state index contributed by atoms with van der Waals surface area (Å²) in [4.78, 5) is 15.6. The second-order valence-corrected chi connectivity index (χ2v) is 4.73. The van der Waals surface area contributed by atoms with Gasteiger partial charge in [-0.1, -0.05) is 0 Å². The largest absolute Gasteiger partial charge is 0.464 e. The molecule has 0 radical (unpaired) electrons. The van der Waals surface area contributed by atoms with E-state index in [0.717, 1.165) is 5.82 Å². The lowest BCUT2D eigenvalue weighted by Gasteiger charge is -2.06. The molecule has 0 saturated carbocycles. The van der Waals surface area contributed by atoms with E-state index in [-0.39, 0.29) is 5.69 Å². The fourth-order valence-corrected chi connectivity index (χ4v) is 2.17. The van der Waals surface area contributed by atoms with Gasteiger partial charge in [0.2, 0.25) is 0 Å². The summed E-state index contributed by atoms with van der Waals surface area (Å²) in [5.74, 6) is 0.279. The molecule has 0 aliphatic rings. The van der Waals surface area contributed by atoms with Crippen molar-refractivity contribution in [2.24, 2.45) is 7.05 Å². The summed E-state index contributed by atoms with van der Waals surface area (Å²) in [5, 5.41) is 9.11. The lowest BCUT2D eigenvalue weighted by molar-refractivity contribution is 0.0593. The molecule has 0 amide bonds. The molecular weight excluding hydrogens is 266 g/mol. The number of pyridine rings is 1. The number of nitrogen functional groups attached to an aromatic ring is 1. The Hall–Kier alpha value is -2.09. The van der Waals surface area contributed by atoms with Gasteiger partial charge in [0.25, 0.3) is 0 Å². The number of carbonyl (C=O) groups excluding carboxylic acids is 1. The summed E-state index contributed by atoms with van der Waals surface area (Å²) in [6.45, 7) is 1.85. The first-order chi connectivity index (χ1) is 9.02. The number of hydrogen-bond acceptors (Lipinski definition) is 7. The highest BCUT2D eigenvalue weighted by atomic mass is 32.2. The summed E-state index contributed by atoms with van der Waals surface area (Å²) < 4.78 is 6.44. The lowest BCUT2D eigenvalue weighted by Crippen LogP contribution is -2.06. The molecule has 0 bridgehead atoms. The standard InChI is InChI=1S/C11H13N5O2S/c1-6-14-15-11(16(6)2)19-9-7(12)4-5-8(13-9)10(17)18-3/h4-5H,12H2,1-3H3. The number of esters is 1. The van der Waals surface area contributed by atoms with Crippen LogP contribution in [0.15, 0.2) is 22.3 Å². The van der Waals surface area contributed by atoms with Gasteiger partial charge in [0.1, 0.15) is 16.5 Å². The molecular formula is C11H13N5O2S. The maximum atomic E-state index is 11.4. The smallest absolute Gasteiger partial charge is 0.356 e. The molecule has 7 nitrogen and oxygen atoms in total. The minimum Gasteiger partial charge on any atom is -0.464 e. The number of rotatable bonds is 3. The minimum absolute atomic E-state index is 0.207. The zero-order valence-electron chi connectivity index (χ0n) is 10.7. The van der Waals surface area contributed by atoms with E-state index in [2.05, 4.69) is 19.9 Å². The SMILES string of the molecule is COC(=O)c1ccc(N)c(Sc2nnc(C)n2C)n1. The van der Waals surface area contributed by atoms with Crippen molar-refractivity contribution in [1.82, 2.24) is 19.7 Å². The van der Waals surface area contributed by atoms with Crippen LogP contribution in [0.1, 0.15) is 16.3 Å². The molecule has 100 valence electrons. The van der Waals surface area contributed by atoms with Crippen molar-refractivity contribution >= 4 is 23.4 Å². The average molecular weight is 279 g/mol. The first kappa shape index (κ1) is 13.3. The van der Waals surface area contributed by atoms with Gasteiger partial charge in [-0.15, -0.1) is 10.2 Å². The normalized spacial score (nSPS) is 10.5. The zero-order chi connectivity index (χ0) is 14.0. The minimum atomic E-state index is -0.504. The topological polar surface area (TPSA) is 95.9 Å². The quantitative estimate of drug-likeness (QED) is 0.838. The third-order valence-corrected chi connectivity index (χ3v) is 3.58. The number of hydrogen-bond donors (Lipinski definition) is 1. The number of anilines is 1. The van der Waals surface area contributed by atoms with Gasteiger partial charge in [-0.25, -0.2) is 9.78 Å². The van der Waals surface area contributed by atoms with Crippen molar-refractivity contribution < 1.29 is 9.53 Å². The van der Waals surface area contributed by atoms with E-state index in [0.29, 0.717) is 15.9 Å². The molecule has 0 aromatic carbocycles. The number of nitrogens with two attached hydrogens (primary N) is 1. The molecule has 0 atom stereocenters. The Balaban J connectivity index is 2.34. The fraction of sp³-hybridized carbons (Fsp3) is 0.273. The summed E-state index contributed by atoms with van der Waals surface area (Å²) in [7, 11) is 3.15. The number of carbonyl (C=O) groups is 1. The van der Waals surface area contributed by atoms with E-state index in [1.807, 2.05) is 18.5 Å². The van der Waals surface area contributed by atoms with Gasteiger partial charge >= 0.3 is 5.97 Å². The van der Waals surface area contributed by atoms with E-state index in [9.17, 15) is 4.79 Å². The van der Waals surface area contributed by atoms with Crippen LogP contribution in [-0.4, -0.2) is 32.8 Å². The van der Waals surface area contributed by atoms with Gasteiger partial charge in [-0.3, -0.25) is 0 Å². The lowest BCUT2D eigenvalue weighted by atomic mass is 10.3. The van der Waals surface area contributed by atoms with Crippen molar-refractivity contribution in [2.45, 2.75) is 17.1 Å². The summed E-state index contributed by atoms with van der Waals surface area (Å²) in [6, 6.07) is 3.14. The molecule has 8 heteroatoms. The highest BCUT2D eigenvalue weighted by Crippen LogP contribution is 2.29. The Labute approximate surface area is 114 Å². The molecule has 2 aromatic heterocycles. The zero-order valence-corrected chi connectivity index (χ0v) is 11.6. The molecule has 0 spiro atoms. The van der Waals surface area contributed by atoms with Crippen LogP contribution in [-0.2, 0) is 11.8 Å². The second-order valence-electron chi connectivity index (χ2n) is 3.77. The molecule has 0 fully saturated rings. The van der Waals surface area contributed by atoms with Gasteiger partial charge in [0, 0.05) is 7.05 Å². The van der Waals surface area contributed by atoms with Crippen molar-refractivity contribution in [1.29, 1.82) is 0 Å². The Morgan fingerprint density at radius 3 is 2.74 bits per heavy atom. The van der Waals surface area contributed by atoms with Crippen LogP contribution in [0, 0.1) is 6.92 Å². The van der Waals surface area contributed by atoms with E-state index >= 15 is 0 Å². The van der Waals surface area contributed by atoms with Crippen molar-refractivity contribution in [2.75, 3.05) is 12.8 Å². The highest BCUT2D eigenvalue weighted by molar-refractivity contribution is 7.99. The van der Waals surface area contributed by atoms with Crippen LogP contribution >= 0.6 is 11.8 Å². The molecule has 2 aromatic rings.